The van der Waals surface area contributed by atoms with Gasteiger partial charge in [-0.1, -0.05) is 17.8 Å². The van der Waals surface area contributed by atoms with Gasteiger partial charge in [0, 0.05) is 36.8 Å². The summed E-state index contributed by atoms with van der Waals surface area (Å²) in [5.41, 5.74) is 1.51. The van der Waals surface area contributed by atoms with Gasteiger partial charge < -0.3 is 9.64 Å². The van der Waals surface area contributed by atoms with Crippen molar-refractivity contribution in [1.29, 1.82) is 0 Å². The van der Waals surface area contributed by atoms with Gasteiger partial charge in [-0.2, -0.15) is 4.31 Å². The molecule has 5 rings (SSSR count). The summed E-state index contributed by atoms with van der Waals surface area (Å²) in [5.74, 6) is 1.59. The third-order valence-corrected chi connectivity index (χ3v) is 10.4. The van der Waals surface area contributed by atoms with Crippen molar-refractivity contribution in [2.24, 2.45) is 0 Å². The van der Waals surface area contributed by atoms with E-state index in [-0.39, 0.29) is 28.6 Å². The highest BCUT2D eigenvalue weighted by molar-refractivity contribution is 7.99. The molecule has 0 saturated carbocycles. The Bertz CT molecular complexity index is 1410. The first-order valence-electron chi connectivity index (χ1n) is 13.4. The Kier molecular flexibility index (Phi) is 8.29. The molecule has 2 aliphatic rings. The lowest BCUT2D eigenvalue weighted by molar-refractivity contribution is -0.134. The highest BCUT2D eigenvalue weighted by Gasteiger charge is 2.30. The predicted molar refractivity (Wildman–Crippen MR) is 152 cm³/mol. The Hall–Kier alpha value is -2.89. The molecule has 2 aromatic carbocycles. The molecule has 0 bridgehead atoms. The molecule has 3 aromatic rings. The average Bonchev–Trinajstić information content (AvgIpc) is 3.63. The number of amides is 1. The van der Waals surface area contributed by atoms with Crippen molar-refractivity contribution in [3.05, 3.63) is 48.5 Å². The standard InChI is InChI=1S/C28H35N5O4S2/c1-20-8-6-9-21(2)32(20)26(34)19-38-28-30-29-27(33(28)23-10-7-11-24(18-23)37-3)22-12-14-25(15-13-22)39(35,36)31-16-4-5-17-31/h7,10-15,18,20-21H,4-6,8-9,16-17,19H2,1-3H3. The van der Waals surface area contributed by atoms with Crippen LogP contribution in [0.1, 0.15) is 46.0 Å². The first-order chi connectivity index (χ1) is 18.8. The number of hydrogen-bond acceptors (Lipinski definition) is 7. The monoisotopic (exact) mass is 569 g/mol. The number of hydrogen-bond donors (Lipinski definition) is 0. The van der Waals surface area contributed by atoms with E-state index >= 15 is 0 Å². The molecule has 3 heterocycles. The van der Waals surface area contributed by atoms with Gasteiger partial charge in [0.05, 0.1) is 23.4 Å². The number of ether oxygens (including phenoxy) is 1. The molecule has 39 heavy (non-hydrogen) atoms. The third kappa shape index (κ3) is 5.71. The van der Waals surface area contributed by atoms with Gasteiger partial charge in [-0.3, -0.25) is 9.36 Å². The van der Waals surface area contributed by atoms with Crippen LogP contribution in [0.3, 0.4) is 0 Å². The summed E-state index contributed by atoms with van der Waals surface area (Å²) in [5, 5.41) is 9.51. The Morgan fingerprint density at radius 1 is 1.00 bits per heavy atom. The largest absolute Gasteiger partial charge is 0.497 e. The molecular formula is C28H35N5O4S2. The second-order valence-corrected chi connectivity index (χ2v) is 13.1. The van der Waals surface area contributed by atoms with E-state index < -0.39 is 10.0 Å². The molecule has 1 amide bonds. The van der Waals surface area contributed by atoms with Crippen LogP contribution in [0.2, 0.25) is 0 Å². The maximum Gasteiger partial charge on any atom is 0.243 e. The number of thioether (sulfide) groups is 1. The topological polar surface area (TPSA) is 97.6 Å². The summed E-state index contributed by atoms with van der Waals surface area (Å²) in [6.45, 7) is 5.34. The molecule has 0 spiro atoms. The zero-order valence-electron chi connectivity index (χ0n) is 22.6. The third-order valence-electron chi connectivity index (χ3n) is 7.57. The van der Waals surface area contributed by atoms with Crippen LogP contribution < -0.4 is 4.74 Å². The summed E-state index contributed by atoms with van der Waals surface area (Å²) in [6.07, 6.45) is 4.96. The Morgan fingerprint density at radius 3 is 2.36 bits per heavy atom. The van der Waals surface area contributed by atoms with Crippen LogP contribution in [0.4, 0.5) is 0 Å². The normalized spacial score (nSPS) is 20.3. The van der Waals surface area contributed by atoms with Gasteiger partial charge in [-0.05, 0) is 82.3 Å². The fourth-order valence-corrected chi connectivity index (χ4v) is 7.84. The van der Waals surface area contributed by atoms with Crippen molar-refractivity contribution in [2.75, 3.05) is 26.0 Å². The minimum atomic E-state index is -3.51. The zero-order chi connectivity index (χ0) is 27.6. The molecule has 2 atom stereocenters. The van der Waals surface area contributed by atoms with Crippen LogP contribution >= 0.6 is 11.8 Å². The number of carbonyl (C=O) groups is 1. The number of carbonyl (C=O) groups excluding carboxylic acids is 1. The Labute approximate surface area is 234 Å². The van der Waals surface area contributed by atoms with Crippen molar-refractivity contribution in [3.8, 4) is 22.8 Å². The molecule has 2 saturated heterocycles. The lowest BCUT2D eigenvalue weighted by Crippen LogP contribution is -2.48. The minimum Gasteiger partial charge on any atom is -0.497 e. The lowest BCUT2D eigenvalue weighted by Gasteiger charge is -2.39. The average molecular weight is 570 g/mol. The first kappa shape index (κ1) is 27.7. The van der Waals surface area contributed by atoms with Gasteiger partial charge in [-0.15, -0.1) is 10.2 Å². The quantitative estimate of drug-likeness (QED) is 0.366. The van der Waals surface area contributed by atoms with E-state index in [1.165, 1.54) is 16.1 Å². The lowest BCUT2D eigenvalue weighted by atomic mass is 9.98. The van der Waals surface area contributed by atoms with E-state index in [1.54, 1.807) is 31.4 Å². The molecule has 0 N–H and O–H groups in total. The maximum absolute atomic E-state index is 13.2. The molecule has 1 aromatic heterocycles. The molecule has 11 heteroatoms. The van der Waals surface area contributed by atoms with Gasteiger partial charge >= 0.3 is 0 Å². The van der Waals surface area contributed by atoms with Gasteiger partial charge in [0.2, 0.25) is 15.9 Å². The predicted octanol–water partition coefficient (Wildman–Crippen LogP) is 4.61. The van der Waals surface area contributed by atoms with Crippen LogP contribution in [0.5, 0.6) is 5.75 Å². The molecule has 2 aliphatic heterocycles. The molecular weight excluding hydrogens is 534 g/mol. The molecule has 2 unspecified atom stereocenters. The van der Waals surface area contributed by atoms with E-state index in [1.807, 2.05) is 33.7 Å². The molecule has 0 aliphatic carbocycles. The van der Waals surface area contributed by atoms with Crippen LogP contribution in [-0.2, 0) is 14.8 Å². The van der Waals surface area contributed by atoms with Gasteiger partial charge in [-0.25, -0.2) is 8.42 Å². The number of likely N-dealkylation sites (tertiary alicyclic amines) is 1. The summed E-state index contributed by atoms with van der Waals surface area (Å²) in [4.78, 5) is 15.5. The van der Waals surface area contributed by atoms with Crippen LogP contribution in [-0.4, -0.2) is 76.3 Å². The Balaban J connectivity index is 1.45. The molecule has 208 valence electrons. The van der Waals surface area contributed by atoms with Crippen molar-refractivity contribution >= 4 is 27.7 Å². The second kappa shape index (κ2) is 11.7. The van der Waals surface area contributed by atoms with Crippen LogP contribution in [0, 0.1) is 0 Å². The summed E-state index contributed by atoms with van der Waals surface area (Å²) in [7, 11) is -1.90. The maximum atomic E-state index is 13.2. The van der Waals surface area contributed by atoms with E-state index in [4.69, 9.17) is 4.74 Å². The number of nitrogens with zero attached hydrogens (tertiary/aromatic N) is 5. The SMILES string of the molecule is COc1cccc(-n2c(SCC(=O)N3C(C)CCCC3C)nnc2-c2ccc(S(=O)(=O)N3CCCC3)cc2)c1. The summed E-state index contributed by atoms with van der Waals surface area (Å²) in [6, 6.07) is 14.8. The second-order valence-electron chi connectivity index (χ2n) is 10.2. The van der Waals surface area contributed by atoms with Crippen molar-refractivity contribution in [1.82, 2.24) is 24.0 Å². The number of methoxy groups -OCH3 is 1. The first-order valence-corrected chi connectivity index (χ1v) is 15.9. The van der Waals surface area contributed by atoms with Crippen molar-refractivity contribution < 1.29 is 17.9 Å². The van der Waals surface area contributed by atoms with E-state index in [0.717, 1.165) is 43.4 Å². The van der Waals surface area contributed by atoms with E-state index in [2.05, 4.69) is 24.0 Å². The van der Waals surface area contributed by atoms with Gasteiger partial charge in [0.1, 0.15) is 5.75 Å². The summed E-state index contributed by atoms with van der Waals surface area (Å²) >= 11 is 1.36. The zero-order valence-corrected chi connectivity index (χ0v) is 24.2. The highest BCUT2D eigenvalue weighted by atomic mass is 32.2. The number of sulfonamides is 1. The fourth-order valence-electron chi connectivity index (χ4n) is 5.50. The molecule has 0 radical (unpaired) electrons. The van der Waals surface area contributed by atoms with E-state index in [0.29, 0.717) is 29.8 Å². The summed E-state index contributed by atoms with van der Waals surface area (Å²) < 4.78 is 34.9. The van der Waals surface area contributed by atoms with Crippen LogP contribution in [0.15, 0.2) is 58.6 Å². The Morgan fingerprint density at radius 2 is 1.69 bits per heavy atom. The smallest absolute Gasteiger partial charge is 0.243 e. The minimum absolute atomic E-state index is 0.0953. The number of piperidine rings is 1. The van der Waals surface area contributed by atoms with Crippen molar-refractivity contribution in [3.63, 3.8) is 0 Å². The number of aromatic nitrogens is 3. The van der Waals surface area contributed by atoms with Gasteiger partial charge in [0.15, 0.2) is 11.0 Å². The fraction of sp³-hybridized carbons (Fsp3) is 0.464. The van der Waals surface area contributed by atoms with Crippen LogP contribution in [0.25, 0.3) is 17.1 Å². The highest BCUT2D eigenvalue weighted by Crippen LogP contribution is 2.32. The van der Waals surface area contributed by atoms with Gasteiger partial charge in [0.25, 0.3) is 0 Å². The number of benzene rings is 2. The van der Waals surface area contributed by atoms with E-state index in [9.17, 15) is 13.2 Å². The molecule has 2 fully saturated rings. The van der Waals surface area contributed by atoms with Crippen molar-refractivity contribution in [2.45, 2.75) is 68.1 Å². The molecule has 9 nitrogen and oxygen atoms in total. The number of rotatable bonds is 8.